The standard InChI is InChI=1S/C8H14N2O/c1-8(2,11)3-5-10-6-4-9-7-10/h4,6-7,11H,3,5H2,1-2H3. The first-order valence-electron chi connectivity index (χ1n) is 3.76. The summed E-state index contributed by atoms with van der Waals surface area (Å²) >= 11 is 0. The van der Waals surface area contributed by atoms with Gasteiger partial charge in [0.2, 0.25) is 0 Å². The maximum Gasteiger partial charge on any atom is 0.0945 e. The maximum atomic E-state index is 9.38. The molecule has 1 aromatic heterocycles. The largest absolute Gasteiger partial charge is 0.390 e. The van der Waals surface area contributed by atoms with E-state index >= 15 is 0 Å². The number of hydrogen-bond acceptors (Lipinski definition) is 2. The van der Waals surface area contributed by atoms with Gasteiger partial charge in [-0.3, -0.25) is 0 Å². The minimum atomic E-state index is -0.579. The number of hydrogen-bond donors (Lipinski definition) is 1. The third-order valence-electron chi connectivity index (χ3n) is 1.54. The van der Waals surface area contributed by atoms with Gasteiger partial charge in [-0.05, 0) is 20.3 Å². The Morgan fingerprint density at radius 3 is 2.73 bits per heavy atom. The van der Waals surface area contributed by atoms with Crippen molar-refractivity contribution in [3.63, 3.8) is 0 Å². The van der Waals surface area contributed by atoms with E-state index in [1.165, 1.54) is 0 Å². The van der Waals surface area contributed by atoms with Crippen molar-refractivity contribution < 1.29 is 5.11 Å². The molecular formula is C8H14N2O. The Labute approximate surface area is 66.7 Å². The van der Waals surface area contributed by atoms with Crippen molar-refractivity contribution in [2.75, 3.05) is 0 Å². The molecule has 0 bridgehead atoms. The second kappa shape index (κ2) is 3.05. The Balaban J connectivity index is 2.35. The first kappa shape index (κ1) is 8.27. The van der Waals surface area contributed by atoms with Gasteiger partial charge in [-0.1, -0.05) is 0 Å². The zero-order valence-electron chi connectivity index (χ0n) is 6.99. The minimum Gasteiger partial charge on any atom is -0.390 e. The summed E-state index contributed by atoms with van der Waals surface area (Å²) in [6, 6.07) is 0. The zero-order chi connectivity index (χ0) is 8.32. The number of nitrogens with zero attached hydrogens (tertiary/aromatic N) is 2. The minimum absolute atomic E-state index is 0.579. The molecule has 1 N–H and O–H groups in total. The van der Waals surface area contributed by atoms with Gasteiger partial charge in [0, 0.05) is 18.9 Å². The summed E-state index contributed by atoms with van der Waals surface area (Å²) < 4.78 is 1.96. The van der Waals surface area contributed by atoms with Gasteiger partial charge in [0.15, 0.2) is 0 Å². The van der Waals surface area contributed by atoms with Crippen molar-refractivity contribution in [2.45, 2.75) is 32.4 Å². The molecule has 0 atom stereocenters. The van der Waals surface area contributed by atoms with E-state index in [1.54, 1.807) is 12.5 Å². The summed E-state index contributed by atoms with van der Waals surface area (Å²) in [5, 5.41) is 9.38. The van der Waals surface area contributed by atoms with Gasteiger partial charge in [0.1, 0.15) is 0 Å². The quantitative estimate of drug-likeness (QED) is 0.706. The average Bonchev–Trinajstić information content (AvgIpc) is 2.32. The van der Waals surface area contributed by atoms with Gasteiger partial charge in [0.05, 0.1) is 11.9 Å². The molecule has 11 heavy (non-hydrogen) atoms. The van der Waals surface area contributed by atoms with Crippen LogP contribution < -0.4 is 0 Å². The lowest BCUT2D eigenvalue weighted by Gasteiger charge is -2.16. The fourth-order valence-corrected chi connectivity index (χ4v) is 0.822. The van der Waals surface area contributed by atoms with Crippen molar-refractivity contribution in [1.29, 1.82) is 0 Å². The molecule has 1 aromatic rings. The SMILES string of the molecule is CC(C)(O)CCn1ccnc1. The lowest BCUT2D eigenvalue weighted by Crippen LogP contribution is -2.20. The number of rotatable bonds is 3. The Bertz CT molecular complexity index is 198. The summed E-state index contributed by atoms with van der Waals surface area (Å²) in [5.41, 5.74) is -0.579. The van der Waals surface area contributed by atoms with Crippen molar-refractivity contribution in [3.8, 4) is 0 Å². The van der Waals surface area contributed by atoms with E-state index in [4.69, 9.17) is 0 Å². The molecule has 0 saturated carbocycles. The Morgan fingerprint density at radius 2 is 2.27 bits per heavy atom. The van der Waals surface area contributed by atoms with Crippen LogP contribution in [-0.4, -0.2) is 20.3 Å². The normalized spacial score (nSPS) is 11.9. The number of imidazole rings is 1. The van der Waals surface area contributed by atoms with Gasteiger partial charge >= 0.3 is 0 Å². The predicted molar refractivity (Wildman–Crippen MR) is 43.1 cm³/mol. The highest BCUT2D eigenvalue weighted by atomic mass is 16.3. The summed E-state index contributed by atoms with van der Waals surface area (Å²) in [7, 11) is 0. The second-order valence-corrected chi connectivity index (χ2v) is 3.36. The van der Waals surface area contributed by atoms with Gasteiger partial charge < -0.3 is 9.67 Å². The third-order valence-corrected chi connectivity index (χ3v) is 1.54. The predicted octanol–water partition coefficient (Wildman–Crippen LogP) is 1.04. The van der Waals surface area contributed by atoms with Crippen LogP contribution in [0.15, 0.2) is 18.7 Å². The number of aliphatic hydroxyl groups is 1. The first-order chi connectivity index (χ1) is 5.08. The van der Waals surface area contributed by atoms with Crippen molar-refractivity contribution in [1.82, 2.24) is 9.55 Å². The van der Waals surface area contributed by atoms with Crippen LogP contribution in [0.3, 0.4) is 0 Å². The highest BCUT2D eigenvalue weighted by Gasteiger charge is 2.11. The lowest BCUT2D eigenvalue weighted by molar-refractivity contribution is 0.0662. The van der Waals surface area contributed by atoms with Gasteiger partial charge in [0.25, 0.3) is 0 Å². The van der Waals surface area contributed by atoms with E-state index in [0.717, 1.165) is 13.0 Å². The molecule has 0 radical (unpaired) electrons. The van der Waals surface area contributed by atoms with Crippen LogP contribution in [0.5, 0.6) is 0 Å². The summed E-state index contributed by atoms with van der Waals surface area (Å²) in [4.78, 5) is 3.90. The average molecular weight is 154 g/mol. The molecular weight excluding hydrogens is 140 g/mol. The fourth-order valence-electron chi connectivity index (χ4n) is 0.822. The molecule has 0 aliphatic heterocycles. The molecule has 0 amide bonds. The molecule has 0 saturated heterocycles. The zero-order valence-corrected chi connectivity index (χ0v) is 6.99. The highest BCUT2D eigenvalue weighted by Crippen LogP contribution is 2.08. The van der Waals surface area contributed by atoms with Crippen LogP contribution in [0.2, 0.25) is 0 Å². The van der Waals surface area contributed by atoms with E-state index < -0.39 is 5.60 Å². The molecule has 1 rings (SSSR count). The van der Waals surface area contributed by atoms with Crippen LogP contribution in [-0.2, 0) is 6.54 Å². The first-order valence-corrected chi connectivity index (χ1v) is 3.76. The van der Waals surface area contributed by atoms with E-state index in [0.29, 0.717) is 0 Å². The number of aromatic nitrogens is 2. The molecule has 0 unspecified atom stereocenters. The molecule has 62 valence electrons. The third kappa shape index (κ3) is 3.18. The van der Waals surface area contributed by atoms with Crippen LogP contribution in [0.25, 0.3) is 0 Å². The lowest BCUT2D eigenvalue weighted by atomic mass is 10.1. The second-order valence-electron chi connectivity index (χ2n) is 3.36. The Hall–Kier alpha value is -0.830. The number of aryl methyl sites for hydroxylation is 1. The van der Waals surface area contributed by atoms with E-state index in [-0.39, 0.29) is 0 Å². The molecule has 0 fully saturated rings. The van der Waals surface area contributed by atoms with Crippen molar-refractivity contribution in [2.24, 2.45) is 0 Å². The molecule has 0 aromatic carbocycles. The highest BCUT2D eigenvalue weighted by molar-refractivity contribution is 4.75. The smallest absolute Gasteiger partial charge is 0.0945 e. The van der Waals surface area contributed by atoms with E-state index in [9.17, 15) is 5.11 Å². The summed E-state index contributed by atoms with van der Waals surface area (Å²) in [6.07, 6.45) is 6.14. The van der Waals surface area contributed by atoms with Crippen LogP contribution in [0.4, 0.5) is 0 Å². The molecule has 1 heterocycles. The maximum absolute atomic E-state index is 9.38. The van der Waals surface area contributed by atoms with Crippen molar-refractivity contribution >= 4 is 0 Å². The van der Waals surface area contributed by atoms with Gasteiger partial charge in [-0.2, -0.15) is 0 Å². The van der Waals surface area contributed by atoms with E-state index in [2.05, 4.69) is 4.98 Å². The van der Waals surface area contributed by atoms with Crippen LogP contribution in [0.1, 0.15) is 20.3 Å². The monoisotopic (exact) mass is 154 g/mol. The molecule has 0 aliphatic rings. The summed E-state index contributed by atoms with van der Waals surface area (Å²) in [5.74, 6) is 0. The molecule has 3 nitrogen and oxygen atoms in total. The molecule has 0 spiro atoms. The van der Waals surface area contributed by atoms with Crippen LogP contribution >= 0.6 is 0 Å². The summed E-state index contributed by atoms with van der Waals surface area (Å²) in [6.45, 7) is 4.44. The topological polar surface area (TPSA) is 38.0 Å². The van der Waals surface area contributed by atoms with Gasteiger partial charge in [-0.15, -0.1) is 0 Å². The van der Waals surface area contributed by atoms with Crippen LogP contribution in [0, 0.1) is 0 Å². The van der Waals surface area contributed by atoms with E-state index in [1.807, 2.05) is 24.6 Å². The molecule has 0 aliphatic carbocycles. The fraction of sp³-hybridized carbons (Fsp3) is 0.625. The Morgan fingerprint density at radius 1 is 1.55 bits per heavy atom. The van der Waals surface area contributed by atoms with Crippen molar-refractivity contribution in [3.05, 3.63) is 18.7 Å². The molecule has 3 heteroatoms. The Kier molecular flexibility index (Phi) is 2.29. The van der Waals surface area contributed by atoms with Gasteiger partial charge in [-0.25, -0.2) is 4.98 Å².